The molecule has 0 fully saturated rings. The van der Waals surface area contributed by atoms with Gasteiger partial charge in [-0.1, -0.05) is 43.7 Å². The fraction of sp³-hybridized carbons (Fsp3) is 0.259. The number of aromatic nitrogens is 3. The van der Waals surface area contributed by atoms with E-state index in [-0.39, 0.29) is 20.1 Å². The van der Waals surface area contributed by atoms with Crippen LogP contribution in [0.1, 0.15) is 42.0 Å². The molecular formula is C27H28IrN3-. The maximum Gasteiger partial charge on any atom is 0.159 e. The molecule has 31 heavy (non-hydrogen) atoms. The zero-order chi connectivity index (χ0) is 21.1. The van der Waals surface area contributed by atoms with Crippen LogP contribution in [0.2, 0.25) is 0 Å². The normalized spacial score (nSPS) is 10.7. The van der Waals surface area contributed by atoms with Crippen molar-refractivity contribution < 1.29 is 20.1 Å². The summed E-state index contributed by atoms with van der Waals surface area (Å²) in [7, 11) is 0. The molecule has 4 heteroatoms. The van der Waals surface area contributed by atoms with Gasteiger partial charge in [0.05, 0.1) is 5.82 Å². The van der Waals surface area contributed by atoms with E-state index in [1.807, 2.05) is 24.3 Å². The second kappa shape index (κ2) is 10.2. The van der Waals surface area contributed by atoms with Gasteiger partial charge in [0.1, 0.15) is 0 Å². The molecular weight excluding hydrogens is 559 g/mol. The molecule has 1 heterocycles. The largest absolute Gasteiger partial charge is 0.316 e. The minimum Gasteiger partial charge on any atom is -0.316 e. The molecule has 4 aromatic rings. The van der Waals surface area contributed by atoms with Gasteiger partial charge in [0.2, 0.25) is 0 Å². The van der Waals surface area contributed by atoms with Gasteiger partial charge in [0.15, 0.2) is 5.82 Å². The Morgan fingerprint density at radius 1 is 0.839 bits per heavy atom. The maximum atomic E-state index is 4.67. The quantitative estimate of drug-likeness (QED) is 0.237. The van der Waals surface area contributed by atoms with E-state index in [0.29, 0.717) is 0 Å². The van der Waals surface area contributed by atoms with E-state index in [2.05, 4.69) is 84.9 Å². The third-order valence-corrected chi connectivity index (χ3v) is 5.64. The summed E-state index contributed by atoms with van der Waals surface area (Å²) in [5, 5.41) is 9.28. The van der Waals surface area contributed by atoms with E-state index in [4.69, 9.17) is 0 Å². The zero-order valence-electron chi connectivity index (χ0n) is 18.6. The van der Waals surface area contributed by atoms with Crippen LogP contribution in [0, 0.1) is 26.8 Å². The van der Waals surface area contributed by atoms with Crippen LogP contribution in [0.25, 0.3) is 28.5 Å². The van der Waals surface area contributed by atoms with E-state index < -0.39 is 0 Å². The molecule has 0 saturated heterocycles. The number of rotatable bonds is 6. The van der Waals surface area contributed by atoms with Crippen LogP contribution in [-0.2, 0) is 26.5 Å². The molecule has 0 saturated carbocycles. The molecule has 0 N–H and O–H groups in total. The smallest absolute Gasteiger partial charge is 0.159 e. The molecule has 1 radical (unpaired) electrons. The first-order valence-electron chi connectivity index (χ1n) is 10.7. The molecule has 0 amide bonds. The van der Waals surface area contributed by atoms with Crippen LogP contribution in [0.5, 0.6) is 0 Å². The van der Waals surface area contributed by atoms with Gasteiger partial charge in [0, 0.05) is 31.4 Å². The molecule has 161 valence electrons. The van der Waals surface area contributed by atoms with Crippen LogP contribution in [0.3, 0.4) is 0 Å². The summed E-state index contributed by atoms with van der Waals surface area (Å²) >= 11 is 0. The second-order valence-electron chi connectivity index (χ2n) is 7.95. The van der Waals surface area contributed by atoms with E-state index >= 15 is 0 Å². The van der Waals surface area contributed by atoms with E-state index in [1.54, 1.807) is 0 Å². The average Bonchev–Trinajstić information content (AvgIpc) is 3.17. The third-order valence-electron chi connectivity index (χ3n) is 5.64. The minimum absolute atomic E-state index is 0. The van der Waals surface area contributed by atoms with E-state index in [9.17, 15) is 0 Å². The van der Waals surface area contributed by atoms with Crippen molar-refractivity contribution in [2.24, 2.45) is 0 Å². The molecule has 3 aromatic carbocycles. The number of unbranched alkanes of at least 4 members (excludes halogenated alkanes) is 1. The van der Waals surface area contributed by atoms with E-state index in [1.165, 1.54) is 35.1 Å². The molecule has 1 aromatic heterocycles. The molecule has 3 nitrogen and oxygen atoms in total. The van der Waals surface area contributed by atoms with E-state index in [0.717, 1.165) is 34.9 Å². The number of hydrogen-bond acceptors (Lipinski definition) is 2. The summed E-state index contributed by atoms with van der Waals surface area (Å²) in [6, 6.07) is 24.4. The topological polar surface area (TPSA) is 30.7 Å². The van der Waals surface area contributed by atoms with Gasteiger partial charge in [-0.05, 0) is 61.9 Å². The standard InChI is InChI=1S/C27H28N3.Ir/c1-5-6-13-22-16-17-24(21(4)18-22)30-26(23-14-8-7-9-15-23)28-29-27(30)25-19(2)11-10-12-20(25)3;/h7-12,14,16-18H,5-6,13H2,1-4H3;/q-1;. The Morgan fingerprint density at radius 2 is 1.58 bits per heavy atom. The molecule has 0 aliphatic carbocycles. The van der Waals surface area contributed by atoms with Gasteiger partial charge < -0.3 is 4.57 Å². The second-order valence-corrected chi connectivity index (χ2v) is 7.95. The first-order chi connectivity index (χ1) is 14.6. The van der Waals surface area contributed by atoms with Gasteiger partial charge >= 0.3 is 0 Å². The van der Waals surface area contributed by atoms with Gasteiger partial charge in [0.25, 0.3) is 0 Å². The van der Waals surface area contributed by atoms with Crippen molar-refractivity contribution in [3.8, 4) is 28.5 Å². The van der Waals surface area contributed by atoms with Crippen LogP contribution < -0.4 is 0 Å². The minimum atomic E-state index is 0. The van der Waals surface area contributed by atoms with Gasteiger partial charge in [-0.25, -0.2) is 0 Å². The Labute approximate surface area is 198 Å². The van der Waals surface area contributed by atoms with Crippen LogP contribution in [0.4, 0.5) is 0 Å². The van der Waals surface area contributed by atoms with Gasteiger partial charge in [-0.2, -0.15) is 5.10 Å². The maximum absolute atomic E-state index is 4.67. The molecule has 0 aliphatic rings. The van der Waals surface area contributed by atoms with Crippen LogP contribution >= 0.6 is 0 Å². The van der Waals surface area contributed by atoms with Crippen molar-refractivity contribution in [2.45, 2.75) is 47.0 Å². The van der Waals surface area contributed by atoms with Crippen molar-refractivity contribution in [3.05, 3.63) is 89.0 Å². The Balaban J connectivity index is 0.00000272. The first kappa shape index (κ1) is 23.1. The fourth-order valence-electron chi connectivity index (χ4n) is 4.05. The SMILES string of the molecule is CCCCc1ccc(-n2c(-c3[c-]cccc3)nnc2-c2c(C)cccc2C)c(C)c1.[Ir]. The number of hydrogen-bond donors (Lipinski definition) is 0. The third kappa shape index (κ3) is 4.71. The van der Waals surface area contributed by atoms with Gasteiger partial charge in [-0.15, -0.1) is 41.0 Å². The van der Waals surface area contributed by atoms with Crippen molar-refractivity contribution in [1.82, 2.24) is 14.8 Å². The molecule has 4 rings (SSSR count). The van der Waals surface area contributed by atoms with Gasteiger partial charge in [-0.3, -0.25) is 0 Å². The van der Waals surface area contributed by atoms with Crippen LogP contribution in [0.15, 0.2) is 60.7 Å². The Bertz CT molecular complexity index is 1140. The summed E-state index contributed by atoms with van der Waals surface area (Å²) in [5.41, 5.74) is 8.21. The van der Waals surface area contributed by atoms with Crippen molar-refractivity contribution in [2.75, 3.05) is 0 Å². The molecule has 0 atom stereocenters. The zero-order valence-corrected chi connectivity index (χ0v) is 21.0. The van der Waals surface area contributed by atoms with Crippen molar-refractivity contribution in [3.63, 3.8) is 0 Å². The Hall–Kier alpha value is -2.55. The number of nitrogens with zero attached hydrogens (tertiary/aromatic N) is 3. The number of benzene rings is 3. The Morgan fingerprint density at radius 3 is 2.23 bits per heavy atom. The fourth-order valence-corrected chi connectivity index (χ4v) is 4.05. The summed E-state index contributed by atoms with van der Waals surface area (Å²) in [6.45, 7) is 8.68. The number of aryl methyl sites for hydroxylation is 4. The monoisotopic (exact) mass is 587 g/mol. The molecule has 0 spiro atoms. The predicted molar refractivity (Wildman–Crippen MR) is 124 cm³/mol. The first-order valence-corrected chi connectivity index (χ1v) is 10.7. The summed E-state index contributed by atoms with van der Waals surface area (Å²) in [6.07, 6.45) is 3.53. The summed E-state index contributed by atoms with van der Waals surface area (Å²) in [5.74, 6) is 1.69. The summed E-state index contributed by atoms with van der Waals surface area (Å²) in [4.78, 5) is 0. The molecule has 0 aliphatic heterocycles. The molecule has 0 unspecified atom stereocenters. The van der Waals surface area contributed by atoms with Crippen LogP contribution in [-0.4, -0.2) is 14.8 Å². The van der Waals surface area contributed by atoms with Crippen molar-refractivity contribution in [1.29, 1.82) is 0 Å². The average molecular weight is 587 g/mol. The molecule has 0 bridgehead atoms. The predicted octanol–water partition coefficient (Wildman–Crippen LogP) is 6.67. The summed E-state index contributed by atoms with van der Waals surface area (Å²) < 4.78 is 2.19. The van der Waals surface area contributed by atoms with Crippen molar-refractivity contribution >= 4 is 0 Å². The Kier molecular flexibility index (Phi) is 7.59.